The maximum Gasteiger partial charge on any atom is 0.0223 e. The zero-order chi connectivity index (χ0) is 12.0. The van der Waals surface area contributed by atoms with Crippen LogP contribution in [-0.4, -0.2) is 62.2 Å². The molecule has 1 fully saturated rings. The lowest BCUT2D eigenvalue weighted by atomic mass is 10.0. The minimum atomic E-state index is 0.642. The molecule has 2 unspecified atom stereocenters. The van der Waals surface area contributed by atoms with E-state index in [1.165, 1.54) is 32.4 Å². The predicted octanol–water partition coefficient (Wildman–Crippen LogP) is 1.40. The second kappa shape index (κ2) is 7.25. The first kappa shape index (κ1) is 13.9. The predicted molar refractivity (Wildman–Crippen MR) is 70.9 cm³/mol. The fourth-order valence-electron chi connectivity index (χ4n) is 2.46. The van der Waals surface area contributed by atoms with Crippen molar-refractivity contribution in [3.05, 3.63) is 0 Å². The third kappa shape index (κ3) is 4.40. The third-order valence-corrected chi connectivity index (χ3v) is 3.74. The largest absolute Gasteiger partial charge is 0.315 e. The van der Waals surface area contributed by atoms with Crippen LogP contribution in [0.2, 0.25) is 0 Å². The number of likely N-dealkylation sites (tertiary alicyclic amines) is 1. The maximum absolute atomic E-state index is 3.51. The Morgan fingerprint density at radius 3 is 2.88 bits per heavy atom. The highest BCUT2D eigenvalue weighted by Gasteiger charge is 2.23. The average molecular weight is 227 g/mol. The van der Waals surface area contributed by atoms with E-state index in [0.29, 0.717) is 6.04 Å². The summed E-state index contributed by atoms with van der Waals surface area (Å²) in [6.45, 7) is 9.31. The highest BCUT2D eigenvalue weighted by molar-refractivity contribution is 4.81. The van der Waals surface area contributed by atoms with Gasteiger partial charge in [-0.25, -0.2) is 0 Å². The van der Waals surface area contributed by atoms with Crippen molar-refractivity contribution in [2.75, 3.05) is 40.3 Å². The van der Waals surface area contributed by atoms with E-state index >= 15 is 0 Å². The molecule has 0 aromatic heterocycles. The molecule has 3 heteroatoms. The van der Waals surface area contributed by atoms with Crippen molar-refractivity contribution in [2.45, 2.75) is 45.2 Å². The van der Waals surface area contributed by atoms with Gasteiger partial charge in [0.25, 0.3) is 0 Å². The maximum atomic E-state index is 3.51. The van der Waals surface area contributed by atoms with Gasteiger partial charge in [0.05, 0.1) is 0 Å². The van der Waals surface area contributed by atoms with Gasteiger partial charge in [-0.3, -0.25) is 4.90 Å². The highest BCUT2D eigenvalue weighted by Crippen LogP contribution is 2.15. The Morgan fingerprint density at radius 1 is 1.50 bits per heavy atom. The first-order chi connectivity index (χ1) is 7.65. The lowest BCUT2D eigenvalue weighted by Gasteiger charge is -2.39. The van der Waals surface area contributed by atoms with Crippen LogP contribution in [0, 0.1) is 0 Å². The zero-order valence-electron chi connectivity index (χ0n) is 11.5. The molecule has 1 aliphatic heterocycles. The van der Waals surface area contributed by atoms with Crippen molar-refractivity contribution >= 4 is 0 Å². The normalized spacial score (nSPS) is 24.9. The second-order valence-electron chi connectivity index (χ2n) is 5.28. The van der Waals surface area contributed by atoms with Gasteiger partial charge in [0, 0.05) is 25.2 Å². The van der Waals surface area contributed by atoms with E-state index < -0.39 is 0 Å². The molecule has 0 aromatic rings. The smallest absolute Gasteiger partial charge is 0.0223 e. The summed E-state index contributed by atoms with van der Waals surface area (Å²) in [7, 11) is 4.52. The van der Waals surface area contributed by atoms with Crippen LogP contribution in [0.3, 0.4) is 0 Å². The molecule has 0 saturated carbocycles. The van der Waals surface area contributed by atoms with Gasteiger partial charge < -0.3 is 10.2 Å². The molecule has 16 heavy (non-hydrogen) atoms. The van der Waals surface area contributed by atoms with Crippen LogP contribution >= 0.6 is 0 Å². The van der Waals surface area contributed by atoms with Crippen LogP contribution in [0.1, 0.15) is 33.1 Å². The lowest BCUT2D eigenvalue weighted by molar-refractivity contribution is 0.104. The first-order valence-corrected chi connectivity index (χ1v) is 6.76. The van der Waals surface area contributed by atoms with E-state index in [9.17, 15) is 0 Å². The van der Waals surface area contributed by atoms with Gasteiger partial charge in [-0.15, -0.1) is 0 Å². The Labute approximate surface area is 101 Å². The first-order valence-electron chi connectivity index (χ1n) is 6.76. The number of nitrogens with one attached hydrogen (secondary N) is 1. The SMILES string of the molecule is CCCNCC(C)N(C)C1CCCN(C)C1. The minimum absolute atomic E-state index is 0.642. The molecule has 0 radical (unpaired) electrons. The molecule has 96 valence electrons. The summed E-state index contributed by atoms with van der Waals surface area (Å²) in [6, 6.07) is 1.39. The molecule has 0 amide bonds. The number of piperidine rings is 1. The molecule has 3 nitrogen and oxygen atoms in total. The van der Waals surface area contributed by atoms with Crippen LogP contribution in [0.25, 0.3) is 0 Å². The summed E-state index contributed by atoms with van der Waals surface area (Å²) in [4.78, 5) is 5.01. The number of hydrogen-bond donors (Lipinski definition) is 1. The molecular weight excluding hydrogens is 198 g/mol. The minimum Gasteiger partial charge on any atom is -0.315 e. The molecule has 1 N–H and O–H groups in total. The Bertz CT molecular complexity index is 184. The summed E-state index contributed by atoms with van der Waals surface area (Å²) in [5, 5.41) is 3.51. The van der Waals surface area contributed by atoms with Gasteiger partial charge in [-0.1, -0.05) is 6.92 Å². The quantitative estimate of drug-likeness (QED) is 0.692. The zero-order valence-corrected chi connectivity index (χ0v) is 11.5. The summed E-state index contributed by atoms with van der Waals surface area (Å²) >= 11 is 0. The van der Waals surface area contributed by atoms with Crippen LogP contribution in [-0.2, 0) is 0 Å². The average Bonchev–Trinajstić information content (AvgIpc) is 2.28. The summed E-state index contributed by atoms with van der Waals surface area (Å²) in [6.07, 6.45) is 3.93. The molecule has 1 rings (SSSR count). The van der Waals surface area contributed by atoms with Gasteiger partial charge in [-0.05, 0) is 53.4 Å². The van der Waals surface area contributed by atoms with Crippen LogP contribution in [0.5, 0.6) is 0 Å². The molecule has 0 aliphatic carbocycles. The Kier molecular flexibility index (Phi) is 6.32. The Morgan fingerprint density at radius 2 is 2.25 bits per heavy atom. The molecule has 1 aliphatic rings. The molecule has 0 bridgehead atoms. The summed E-state index contributed by atoms with van der Waals surface area (Å²) in [5.41, 5.74) is 0. The Balaban J connectivity index is 2.28. The molecule has 1 saturated heterocycles. The fourth-order valence-corrected chi connectivity index (χ4v) is 2.46. The third-order valence-electron chi connectivity index (χ3n) is 3.74. The van der Waals surface area contributed by atoms with E-state index in [1.54, 1.807) is 0 Å². The number of likely N-dealkylation sites (N-methyl/N-ethyl adjacent to an activating group) is 2. The summed E-state index contributed by atoms with van der Waals surface area (Å²) in [5.74, 6) is 0. The molecule has 0 spiro atoms. The van der Waals surface area contributed by atoms with Crippen molar-refractivity contribution in [1.29, 1.82) is 0 Å². The molecule has 2 atom stereocenters. The fraction of sp³-hybridized carbons (Fsp3) is 1.00. The van der Waals surface area contributed by atoms with E-state index in [-0.39, 0.29) is 0 Å². The van der Waals surface area contributed by atoms with Crippen LogP contribution in [0.4, 0.5) is 0 Å². The summed E-state index contributed by atoms with van der Waals surface area (Å²) < 4.78 is 0. The second-order valence-corrected chi connectivity index (χ2v) is 5.28. The van der Waals surface area contributed by atoms with Crippen LogP contribution in [0.15, 0.2) is 0 Å². The van der Waals surface area contributed by atoms with E-state index in [2.05, 4.69) is 43.1 Å². The van der Waals surface area contributed by atoms with Gasteiger partial charge in [0.1, 0.15) is 0 Å². The highest BCUT2D eigenvalue weighted by atomic mass is 15.2. The van der Waals surface area contributed by atoms with Crippen molar-refractivity contribution in [2.24, 2.45) is 0 Å². The molecule has 0 aromatic carbocycles. The Hall–Kier alpha value is -0.120. The van der Waals surface area contributed by atoms with Crippen molar-refractivity contribution in [3.63, 3.8) is 0 Å². The van der Waals surface area contributed by atoms with Gasteiger partial charge in [0.15, 0.2) is 0 Å². The molecule has 1 heterocycles. The number of rotatable bonds is 6. The van der Waals surface area contributed by atoms with E-state index in [0.717, 1.165) is 19.1 Å². The number of hydrogen-bond acceptors (Lipinski definition) is 3. The lowest BCUT2D eigenvalue weighted by Crippen LogP contribution is -2.50. The van der Waals surface area contributed by atoms with Crippen molar-refractivity contribution in [3.8, 4) is 0 Å². The van der Waals surface area contributed by atoms with E-state index in [4.69, 9.17) is 0 Å². The van der Waals surface area contributed by atoms with Crippen LogP contribution < -0.4 is 5.32 Å². The molecular formula is C13H29N3. The van der Waals surface area contributed by atoms with Gasteiger partial charge in [-0.2, -0.15) is 0 Å². The van der Waals surface area contributed by atoms with Crippen molar-refractivity contribution in [1.82, 2.24) is 15.1 Å². The topological polar surface area (TPSA) is 18.5 Å². The standard InChI is InChI=1S/C13H29N3/c1-5-8-14-10-12(2)16(4)13-7-6-9-15(3)11-13/h12-14H,5-11H2,1-4H3. The van der Waals surface area contributed by atoms with Gasteiger partial charge >= 0.3 is 0 Å². The van der Waals surface area contributed by atoms with Crippen molar-refractivity contribution < 1.29 is 0 Å². The van der Waals surface area contributed by atoms with Gasteiger partial charge in [0.2, 0.25) is 0 Å². The number of nitrogens with zero attached hydrogens (tertiary/aromatic N) is 2. The monoisotopic (exact) mass is 227 g/mol. The van der Waals surface area contributed by atoms with E-state index in [1.807, 2.05) is 0 Å².